The largest absolute Gasteiger partial charge is 0.452 e. The van der Waals surface area contributed by atoms with Gasteiger partial charge in [-0.1, -0.05) is 23.8 Å². The van der Waals surface area contributed by atoms with E-state index in [2.05, 4.69) is 0 Å². The summed E-state index contributed by atoms with van der Waals surface area (Å²) in [5.41, 5.74) is 1.47. The minimum Gasteiger partial charge on any atom is -0.452 e. The molecule has 0 spiro atoms. The second kappa shape index (κ2) is 7.00. The van der Waals surface area contributed by atoms with Crippen LogP contribution in [0.25, 0.3) is 0 Å². The first kappa shape index (κ1) is 16.6. The van der Waals surface area contributed by atoms with Gasteiger partial charge in [-0.05, 0) is 37.6 Å². The van der Waals surface area contributed by atoms with E-state index >= 15 is 0 Å². The quantitative estimate of drug-likeness (QED) is 0.879. The molecule has 0 radical (unpaired) electrons. The van der Waals surface area contributed by atoms with Crippen LogP contribution in [0.5, 0.6) is 0 Å². The van der Waals surface area contributed by atoms with Crippen molar-refractivity contribution in [2.75, 3.05) is 11.9 Å². The Balaban J connectivity index is 1.98. The van der Waals surface area contributed by atoms with Crippen molar-refractivity contribution in [1.29, 1.82) is 0 Å². The molecule has 23 heavy (non-hydrogen) atoms. The van der Waals surface area contributed by atoms with Crippen molar-refractivity contribution in [3.8, 4) is 0 Å². The van der Waals surface area contributed by atoms with Crippen LogP contribution in [-0.2, 0) is 9.53 Å². The highest BCUT2D eigenvalue weighted by molar-refractivity contribution is 5.96. The second-order valence-electron chi connectivity index (χ2n) is 5.04. The Morgan fingerprint density at radius 1 is 1.09 bits per heavy atom. The zero-order chi connectivity index (χ0) is 17.0. The Labute approximate surface area is 132 Å². The first-order chi connectivity index (χ1) is 10.9. The van der Waals surface area contributed by atoms with Crippen LogP contribution in [-0.4, -0.2) is 18.5 Å². The molecule has 4 nitrogen and oxygen atoms in total. The Hall–Kier alpha value is -2.76. The molecule has 0 aliphatic heterocycles. The lowest BCUT2D eigenvalue weighted by molar-refractivity contribution is -0.119. The number of halogens is 2. The maximum Gasteiger partial charge on any atom is 0.338 e. The van der Waals surface area contributed by atoms with Crippen LogP contribution in [0.2, 0.25) is 0 Å². The zero-order valence-corrected chi connectivity index (χ0v) is 12.7. The fraction of sp³-hybridized carbons (Fsp3) is 0.176. The van der Waals surface area contributed by atoms with Crippen molar-refractivity contribution in [2.24, 2.45) is 0 Å². The van der Waals surface area contributed by atoms with Crippen molar-refractivity contribution in [2.45, 2.75) is 13.8 Å². The Bertz CT molecular complexity index is 739. The molecular formula is C17H15F2NO3. The van der Waals surface area contributed by atoms with E-state index in [1.54, 1.807) is 19.1 Å². The van der Waals surface area contributed by atoms with Crippen LogP contribution in [0.15, 0.2) is 36.4 Å². The molecule has 0 unspecified atom stereocenters. The smallest absolute Gasteiger partial charge is 0.338 e. The van der Waals surface area contributed by atoms with Gasteiger partial charge in [0, 0.05) is 0 Å². The third-order valence-corrected chi connectivity index (χ3v) is 3.16. The molecule has 2 aromatic carbocycles. The number of carbonyl (C=O) groups excluding carboxylic acids is 2. The molecule has 0 atom stereocenters. The van der Waals surface area contributed by atoms with E-state index in [-0.39, 0.29) is 0 Å². The predicted molar refractivity (Wildman–Crippen MR) is 81.2 cm³/mol. The maximum atomic E-state index is 13.4. The van der Waals surface area contributed by atoms with E-state index in [1.807, 2.05) is 18.3 Å². The lowest BCUT2D eigenvalue weighted by Gasteiger charge is -2.09. The fourth-order valence-corrected chi connectivity index (χ4v) is 2.04. The molecule has 0 aliphatic rings. The highest BCUT2D eigenvalue weighted by Crippen LogP contribution is 2.18. The second-order valence-corrected chi connectivity index (χ2v) is 5.04. The monoisotopic (exact) mass is 319 g/mol. The van der Waals surface area contributed by atoms with Gasteiger partial charge in [-0.3, -0.25) is 4.79 Å². The van der Waals surface area contributed by atoms with Crippen LogP contribution < -0.4 is 5.32 Å². The number of aryl methyl sites for hydroxylation is 2. The number of carbonyl (C=O) groups is 2. The Kier molecular flexibility index (Phi) is 5.05. The van der Waals surface area contributed by atoms with Gasteiger partial charge in [-0.15, -0.1) is 0 Å². The standard InChI is InChI=1S/C17H15F2NO3/c1-10-6-7-12(11(2)8-10)17(22)23-9-15(21)20-16-13(18)4-3-5-14(16)19/h3-8H,9H2,1-2H3,(H,20,21). The number of anilines is 1. The van der Waals surface area contributed by atoms with Crippen molar-refractivity contribution in [1.82, 2.24) is 0 Å². The van der Waals surface area contributed by atoms with Crippen LogP contribution in [0.3, 0.4) is 0 Å². The molecule has 6 heteroatoms. The van der Waals surface area contributed by atoms with Crippen LogP contribution in [0.1, 0.15) is 21.5 Å². The summed E-state index contributed by atoms with van der Waals surface area (Å²) in [4.78, 5) is 23.6. The molecule has 0 heterocycles. The van der Waals surface area contributed by atoms with Crippen molar-refractivity contribution in [3.63, 3.8) is 0 Å². The third-order valence-electron chi connectivity index (χ3n) is 3.16. The number of rotatable bonds is 4. The average Bonchev–Trinajstić information content (AvgIpc) is 2.49. The summed E-state index contributed by atoms with van der Waals surface area (Å²) in [6, 6.07) is 8.37. The van der Waals surface area contributed by atoms with Crippen LogP contribution in [0.4, 0.5) is 14.5 Å². The topological polar surface area (TPSA) is 55.4 Å². The number of esters is 1. The van der Waals surface area contributed by atoms with Crippen molar-refractivity contribution >= 4 is 17.6 Å². The molecule has 0 aromatic heterocycles. The molecular weight excluding hydrogens is 304 g/mol. The van der Waals surface area contributed by atoms with Gasteiger partial charge in [0.2, 0.25) is 0 Å². The molecule has 0 aliphatic carbocycles. The molecule has 1 N–H and O–H groups in total. The van der Waals surface area contributed by atoms with E-state index in [9.17, 15) is 18.4 Å². The highest BCUT2D eigenvalue weighted by atomic mass is 19.1. The molecule has 0 saturated carbocycles. The number of amides is 1. The number of ether oxygens (including phenoxy) is 1. The third kappa shape index (κ3) is 4.12. The van der Waals surface area contributed by atoms with Gasteiger partial charge in [0.15, 0.2) is 6.61 Å². The summed E-state index contributed by atoms with van der Waals surface area (Å²) in [5.74, 6) is -3.31. The maximum absolute atomic E-state index is 13.4. The van der Waals surface area contributed by atoms with Crippen LogP contribution >= 0.6 is 0 Å². The minimum atomic E-state index is -0.904. The van der Waals surface area contributed by atoms with Gasteiger partial charge >= 0.3 is 5.97 Å². The summed E-state index contributed by atoms with van der Waals surface area (Å²) in [6.45, 7) is 3.00. The summed E-state index contributed by atoms with van der Waals surface area (Å²) < 4.78 is 31.7. The van der Waals surface area contributed by atoms with Crippen molar-refractivity contribution in [3.05, 3.63) is 64.7 Å². The molecule has 0 bridgehead atoms. The molecule has 0 saturated heterocycles. The molecule has 2 aromatic rings. The number of hydrogen-bond donors (Lipinski definition) is 1. The fourth-order valence-electron chi connectivity index (χ4n) is 2.04. The first-order valence-corrected chi connectivity index (χ1v) is 6.86. The van der Waals surface area contributed by atoms with Gasteiger partial charge in [0.1, 0.15) is 17.3 Å². The van der Waals surface area contributed by atoms with E-state index in [0.717, 1.165) is 23.3 Å². The number of nitrogens with one attached hydrogen (secondary N) is 1. The van der Waals surface area contributed by atoms with Gasteiger partial charge in [-0.2, -0.15) is 0 Å². The summed E-state index contributed by atoms with van der Waals surface area (Å²) in [6.07, 6.45) is 0. The van der Waals surface area contributed by atoms with Gasteiger partial charge in [-0.25, -0.2) is 13.6 Å². The molecule has 2 rings (SSSR count). The summed E-state index contributed by atoms with van der Waals surface area (Å²) in [5, 5.41) is 2.04. The summed E-state index contributed by atoms with van der Waals surface area (Å²) >= 11 is 0. The highest BCUT2D eigenvalue weighted by Gasteiger charge is 2.15. The number of para-hydroxylation sites is 1. The number of benzene rings is 2. The minimum absolute atomic E-state index is 0.334. The molecule has 0 fully saturated rings. The van der Waals surface area contributed by atoms with Crippen LogP contribution in [0, 0.1) is 25.5 Å². The van der Waals surface area contributed by atoms with Gasteiger partial charge in [0.25, 0.3) is 5.91 Å². The normalized spacial score (nSPS) is 10.3. The van der Waals surface area contributed by atoms with E-state index < -0.39 is 35.8 Å². The van der Waals surface area contributed by atoms with E-state index in [1.165, 1.54) is 6.07 Å². The SMILES string of the molecule is Cc1ccc(C(=O)OCC(=O)Nc2c(F)cccc2F)c(C)c1. The Morgan fingerprint density at radius 3 is 2.35 bits per heavy atom. The van der Waals surface area contributed by atoms with Crippen molar-refractivity contribution < 1.29 is 23.1 Å². The number of hydrogen-bond acceptors (Lipinski definition) is 3. The average molecular weight is 319 g/mol. The van der Waals surface area contributed by atoms with Gasteiger partial charge in [0.05, 0.1) is 5.56 Å². The lowest BCUT2D eigenvalue weighted by Crippen LogP contribution is -2.22. The summed E-state index contributed by atoms with van der Waals surface area (Å²) in [7, 11) is 0. The van der Waals surface area contributed by atoms with E-state index in [4.69, 9.17) is 4.74 Å². The predicted octanol–water partition coefficient (Wildman–Crippen LogP) is 3.38. The Morgan fingerprint density at radius 2 is 1.74 bits per heavy atom. The molecule has 120 valence electrons. The van der Waals surface area contributed by atoms with Gasteiger partial charge < -0.3 is 10.1 Å². The first-order valence-electron chi connectivity index (χ1n) is 6.86. The zero-order valence-electron chi connectivity index (χ0n) is 12.7. The van der Waals surface area contributed by atoms with E-state index in [0.29, 0.717) is 5.56 Å². The molecule has 1 amide bonds. The lowest BCUT2D eigenvalue weighted by atomic mass is 10.1.